The van der Waals surface area contributed by atoms with Crippen molar-refractivity contribution in [2.45, 2.75) is 13.8 Å². The topological polar surface area (TPSA) is 77.0 Å². The summed E-state index contributed by atoms with van der Waals surface area (Å²) in [7, 11) is -3.15. The number of anilines is 1. The van der Waals surface area contributed by atoms with Gasteiger partial charge >= 0.3 is 0 Å². The van der Waals surface area contributed by atoms with E-state index in [0.29, 0.717) is 13.1 Å². The van der Waals surface area contributed by atoms with Crippen LogP contribution in [0, 0.1) is 0 Å². The van der Waals surface area contributed by atoms with E-state index in [1.54, 1.807) is 18.3 Å². The summed E-state index contributed by atoms with van der Waals surface area (Å²) in [4.78, 5) is 9.18. The van der Waals surface area contributed by atoms with Crippen LogP contribution in [0.4, 0.5) is 5.00 Å². The smallest absolute Gasteiger partial charge is 0.211 e. The van der Waals surface area contributed by atoms with E-state index in [-0.39, 0.29) is 29.7 Å². The molecule has 1 aliphatic heterocycles. The van der Waals surface area contributed by atoms with Gasteiger partial charge in [-0.25, -0.2) is 13.1 Å². The summed E-state index contributed by atoms with van der Waals surface area (Å²) in [5, 5.41) is 6.71. The zero-order chi connectivity index (χ0) is 17.4. The molecule has 10 heteroatoms. The first-order valence-electron chi connectivity index (χ1n) is 8.34. The molecule has 1 aromatic heterocycles. The zero-order valence-electron chi connectivity index (χ0n) is 14.8. The van der Waals surface area contributed by atoms with E-state index >= 15 is 0 Å². The molecule has 144 valence electrons. The van der Waals surface area contributed by atoms with E-state index in [2.05, 4.69) is 42.3 Å². The Morgan fingerprint density at radius 2 is 2.00 bits per heavy atom. The maximum absolute atomic E-state index is 11.4. The van der Waals surface area contributed by atoms with Crippen molar-refractivity contribution in [3.05, 3.63) is 17.5 Å². The lowest BCUT2D eigenvalue weighted by Gasteiger charge is -2.37. The molecule has 2 heterocycles. The van der Waals surface area contributed by atoms with Crippen LogP contribution >= 0.6 is 35.3 Å². The van der Waals surface area contributed by atoms with Gasteiger partial charge in [-0.2, -0.15) is 0 Å². The SMILES string of the molecule is CCNC(=NCCNS(=O)(=O)CC)N1CCN(c2cccs2)CC1.I. The van der Waals surface area contributed by atoms with Crippen LogP contribution in [0.15, 0.2) is 22.5 Å². The number of hydrogen-bond acceptors (Lipinski definition) is 5. The normalized spacial score (nSPS) is 15.8. The standard InChI is InChI=1S/C15H27N5O2S2.HI/c1-3-16-15(17-7-8-18-24(21,22)4-2)20-11-9-19(10-12-20)14-6-5-13-23-14;/h5-6,13,18H,3-4,7-12H2,1-2H3,(H,16,17);1H. The molecule has 25 heavy (non-hydrogen) atoms. The van der Waals surface area contributed by atoms with Crippen LogP contribution in [-0.4, -0.2) is 70.8 Å². The van der Waals surface area contributed by atoms with Crippen molar-refractivity contribution in [2.24, 2.45) is 4.99 Å². The lowest BCUT2D eigenvalue weighted by atomic mass is 10.3. The molecule has 1 saturated heterocycles. The second-order valence-electron chi connectivity index (χ2n) is 5.46. The predicted octanol–water partition coefficient (Wildman–Crippen LogP) is 1.39. The minimum absolute atomic E-state index is 0. The molecule has 2 N–H and O–H groups in total. The van der Waals surface area contributed by atoms with Gasteiger partial charge in [-0.3, -0.25) is 4.99 Å². The molecule has 1 aromatic rings. The molecule has 2 rings (SSSR count). The molecule has 0 aromatic carbocycles. The van der Waals surface area contributed by atoms with Crippen LogP contribution in [0.25, 0.3) is 0 Å². The predicted molar refractivity (Wildman–Crippen MR) is 117 cm³/mol. The average Bonchev–Trinajstić information content (AvgIpc) is 3.12. The largest absolute Gasteiger partial charge is 0.360 e. The molecular formula is C15H28IN5O2S2. The Bertz CT molecular complexity index is 614. The third kappa shape index (κ3) is 7.27. The molecule has 0 unspecified atom stereocenters. The minimum atomic E-state index is -3.15. The third-order valence-electron chi connectivity index (χ3n) is 3.81. The van der Waals surface area contributed by atoms with Gasteiger partial charge in [0.25, 0.3) is 0 Å². The van der Waals surface area contributed by atoms with Crippen LogP contribution < -0.4 is 14.9 Å². The quantitative estimate of drug-likeness (QED) is 0.256. The summed E-state index contributed by atoms with van der Waals surface area (Å²) in [5.74, 6) is 0.959. The molecule has 0 saturated carbocycles. The number of nitrogens with zero attached hydrogens (tertiary/aromatic N) is 3. The molecule has 1 aliphatic rings. The first-order valence-corrected chi connectivity index (χ1v) is 10.9. The summed E-state index contributed by atoms with van der Waals surface area (Å²) in [6, 6.07) is 4.23. The Morgan fingerprint density at radius 3 is 2.56 bits per heavy atom. The van der Waals surface area contributed by atoms with Crippen LogP contribution in [0.5, 0.6) is 0 Å². The van der Waals surface area contributed by atoms with E-state index in [1.807, 2.05) is 6.92 Å². The third-order valence-corrected chi connectivity index (χ3v) is 6.14. The lowest BCUT2D eigenvalue weighted by molar-refractivity contribution is 0.373. The van der Waals surface area contributed by atoms with Gasteiger partial charge in [0, 0.05) is 39.3 Å². The van der Waals surface area contributed by atoms with E-state index in [1.165, 1.54) is 5.00 Å². The summed E-state index contributed by atoms with van der Waals surface area (Å²) >= 11 is 1.77. The fourth-order valence-electron chi connectivity index (χ4n) is 2.48. The maximum atomic E-state index is 11.4. The Kier molecular flexibility index (Phi) is 10.1. The summed E-state index contributed by atoms with van der Waals surface area (Å²) in [6.45, 7) is 8.98. The van der Waals surface area contributed by atoms with Crippen molar-refractivity contribution in [1.29, 1.82) is 0 Å². The van der Waals surface area contributed by atoms with Crippen molar-refractivity contribution < 1.29 is 8.42 Å². The van der Waals surface area contributed by atoms with E-state index in [4.69, 9.17) is 0 Å². The number of sulfonamides is 1. The molecule has 0 atom stereocenters. The number of piperazine rings is 1. The van der Waals surface area contributed by atoms with Crippen molar-refractivity contribution in [2.75, 3.05) is 56.5 Å². The van der Waals surface area contributed by atoms with E-state index in [0.717, 1.165) is 38.7 Å². The van der Waals surface area contributed by atoms with Crippen LogP contribution in [0.2, 0.25) is 0 Å². The van der Waals surface area contributed by atoms with Gasteiger partial charge in [0.1, 0.15) is 0 Å². The van der Waals surface area contributed by atoms with Gasteiger partial charge in [0.05, 0.1) is 17.3 Å². The number of hydrogen-bond donors (Lipinski definition) is 2. The highest BCUT2D eigenvalue weighted by atomic mass is 127. The van der Waals surface area contributed by atoms with Gasteiger partial charge in [0.2, 0.25) is 10.0 Å². The maximum Gasteiger partial charge on any atom is 0.211 e. The van der Waals surface area contributed by atoms with Crippen LogP contribution in [0.3, 0.4) is 0 Å². The molecule has 0 bridgehead atoms. The molecule has 0 aliphatic carbocycles. The molecule has 0 amide bonds. The number of guanidine groups is 1. The monoisotopic (exact) mass is 501 g/mol. The molecular weight excluding hydrogens is 473 g/mol. The second-order valence-corrected chi connectivity index (χ2v) is 8.48. The number of thiophene rings is 1. The Labute approximate surface area is 171 Å². The summed E-state index contributed by atoms with van der Waals surface area (Å²) in [5.41, 5.74) is 0. The van der Waals surface area contributed by atoms with Crippen molar-refractivity contribution in [3.63, 3.8) is 0 Å². The van der Waals surface area contributed by atoms with Gasteiger partial charge in [0.15, 0.2) is 5.96 Å². The van der Waals surface area contributed by atoms with Gasteiger partial charge in [-0.1, -0.05) is 0 Å². The highest BCUT2D eigenvalue weighted by Gasteiger charge is 2.20. The molecule has 0 radical (unpaired) electrons. The minimum Gasteiger partial charge on any atom is -0.360 e. The number of aliphatic imine (C=N–C) groups is 1. The molecule has 0 spiro atoms. The summed E-state index contributed by atoms with van der Waals surface area (Å²) in [6.07, 6.45) is 0. The summed E-state index contributed by atoms with van der Waals surface area (Å²) < 4.78 is 25.4. The number of halogens is 1. The number of nitrogens with one attached hydrogen (secondary N) is 2. The highest BCUT2D eigenvalue weighted by molar-refractivity contribution is 14.0. The van der Waals surface area contributed by atoms with Gasteiger partial charge in [-0.05, 0) is 31.4 Å². The first-order chi connectivity index (χ1) is 11.6. The van der Waals surface area contributed by atoms with E-state index < -0.39 is 10.0 Å². The van der Waals surface area contributed by atoms with Gasteiger partial charge in [-0.15, -0.1) is 35.3 Å². The first kappa shape index (κ1) is 22.5. The van der Waals surface area contributed by atoms with E-state index in [9.17, 15) is 8.42 Å². The molecule has 1 fully saturated rings. The zero-order valence-corrected chi connectivity index (χ0v) is 18.7. The van der Waals surface area contributed by atoms with Crippen LogP contribution in [-0.2, 0) is 10.0 Å². The van der Waals surface area contributed by atoms with Crippen molar-refractivity contribution in [3.8, 4) is 0 Å². The fraction of sp³-hybridized carbons (Fsp3) is 0.667. The second kappa shape index (κ2) is 11.2. The van der Waals surface area contributed by atoms with Crippen molar-refractivity contribution >= 4 is 56.3 Å². The Hall–Kier alpha value is -0.590. The fourth-order valence-corrected chi connectivity index (χ4v) is 3.87. The van der Waals surface area contributed by atoms with Gasteiger partial charge < -0.3 is 15.1 Å². The lowest BCUT2D eigenvalue weighted by Crippen LogP contribution is -2.52. The van der Waals surface area contributed by atoms with Crippen LogP contribution in [0.1, 0.15) is 13.8 Å². The Balaban J connectivity index is 0.00000312. The highest BCUT2D eigenvalue weighted by Crippen LogP contribution is 2.22. The number of rotatable bonds is 7. The van der Waals surface area contributed by atoms with Crippen molar-refractivity contribution in [1.82, 2.24) is 14.9 Å². The Morgan fingerprint density at radius 1 is 1.28 bits per heavy atom. The molecule has 7 nitrogen and oxygen atoms in total. The average molecular weight is 501 g/mol.